The summed E-state index contributed by atoms with van der Waals surface area (Å²) in [6, 6.07) is 0. The van der Waals surface area contributed by atoms with Gasteiger partial charge in [0.15, 0.2) is 0 Å². The monoisotopic (exact) mass is 203 g/mol. The van der Waals surface area contributed by atoms with E-state index in [1.54, 1.807) is 0 Å². The standard InChI is InChI=1S/CH3N2Se.Se/c2-1(3)4;/h(H3,2,3);. The molecule has 0 bridgehead atoms. The number of rotatable bonds is 0. The van der Waals surface area contributed by atoms with Crippen molar-refractivity contribution in [1.29, 1.82) is 5.41 Å². The molecule has 29 valence electrons. The summed E-state index contributed by atoms with van der Waals surface area (Å²) in [6.45, 7) is 0. The first-order valence-electron chi connectivity index (χ1n) is 0.743. The van der Waals surface area contributed by atoms with E-state index in [4.69, 9.17) is 5.41 Å². The fourth-order valence-electron chi connectivity index (χ4n) is 0. The molecular weight excluding hydrogens is 198 g/mol. The largest absolute Gasteiger partial charge is 0 e. The summed E-state index contributed by atoms with van der Waals surface area (Å²) in [5, 5.41) is 6.22. The molecule has 0 aromatic carbocycles. The zero-order chi connectivity index (χ0) is 3.58. The molecule has 0 saturated carbocycles. The van der Waals surface area contributed by atoms with Gasteiger partial charge in [0, 0.05) is 17.1 Å². The molecule has 3 radical (unpaired) electrons. The third-order valence-corrected chi connectivity index (χ3v) is 0. The van der Waals surface area contributed by atoms with Gasteiger partial charge < -0.3 is 0 Å². The molecule has 3 N–H and O–H groups in total. The van der Waals surface area contributed by atoms with Gasteiger partial charge in [-0.2, -0.15) is 0 Å². The summed E-state index contributed by atoms with van der Waals surface area (Å²) in [4.78, 5) is 0. The van der Waals surface area contributed by atoms with Crippen LogP contribution < -0.4 is 5.73 Å². The van der Waals surface area contributed by atoms with Gasteiger partial charge in [-0.05, 0) is 0 Å². The fraction of sp³-hybridized carbons (Fsp3) is 0. The van der Waals surface area contributed by atoms with E-state index in [0.29, 0.717) is 0 Å². The average Bonchev–Trinajstić information content (AvgIpc) is 0.811. The Labute approximate surface area is 49.3 Å². The second-order valence-corrected chi connectivity index (χ2v) is 1.29. The molecule has 0 aliphatic rings. The molecule has 0 spiro atoms. The number of nitrogens with one attached hydrogen (secondary N) is 1. The quantitative estimate of drug-likeness (QED) is 0.284. The SMILES string of the molecule is N=C(N)[Se].[Se]. The van der Waals surface area contributed by atoms with Crippen LogP contribution in [0.15, 0.2) is 0 Å². The zero-order valence-electron chi connectivity index (χ0n) is 2.39. The van der Waals surface area contributed by atoms with Crippen molar-refractivity contribution in [3.05, 3.63) is 0 Å². The third-order valence-electron chi connectivity index (χ3n) is 0. The maximum Gasteiger partial charge on any atom is 0 e. The Morgan fingerprint density at radius 3 is 1.80 bits per heavy atom. The molecule has 0 aromatic rings. The maximum atomic E-state index is 6.22. The van der Waals surface area contributed by atoms with Gasteiger partial charge in [0.1, 0.15) is 0 Å². The van der Waals surface area contributed by atoms with Crippen LogP contribution in [0.2, 0.25) is 0 Å². The Bertz CT molecular complexity index is 30.6. The van der Waals surface area contributed by atoms with E-state index in [-0.39, 0.29) is 21.8 Å². The van der Waals surface area contributed by atoms with E-state index < -0.39 is 0 Å². The van der Waals surface area contributed by atoms with Gasteiger partial charge in [-0.1, -0.05) is 0 Å². The van der Waals surface area contributed by atoms with Gasteiger partial charge in [0.25, 0.3) is 0 Å². The van der Waals surface area contributed by atoms with Gasteiger partial charge in [-0.15, -0.1) is 0 Å². The number of nitrogens with two attached hydrogens (primary N) is 1. The fourth-order valence-corrected chi connectivity index (χ4v) is 0. The predicted molar refractivity (Wildman–Crippen MR) is 23.4 cm³/mol. The van der Waals surface area contributed by atoms with Crippen molar-refractivity contribution < 1.29 is 0 Å². The van der Waals surface area contributed by atoms with Crippen LogP contribution in [0.3, 0.4) is 0 Å². The van der Waals surface area contributed by atoms with Crippen molar-refractivity contribution in [2.24, 2.45) is 5.73 Å². The van der Waals surface area contributed by atoms with Crippen LogP contribution in [0.5, 0.6) is 0 Å². The predicted octanol–water partition coefficient (Wildman–Crippen LogP) is -1.33. The zero-order valence-corrected chi connectivity index (χ0v) is 5.82. The van der Waals surface area contributed by atoms with Crippen LogP contribution in [-0.2, 0) is 0 Å². The first kappa shape index (κ1) is 9.10. The number of hydrogen-bond donors (Lipinski definition) is 2. The molecule has 0 fully saturated rings. The summed E-state index contributed by atoms with van der Waals surface area (Å²) < 4.78 is 0.0417. The molecule has 0 atom stereocenters. The summed E-state index contributed by atoms with van der Waals surface area (Å²) in [6.07, 6.45) is 0. The van der Waals surface area contributed by atoms with Crippen LogP contribution in [0.25, 0.3) is 0 Å². The van der Waals surface area contributed by atoms with E-state index >= 15 is 0 Å². The van der Waals surface area contributed by atoms with Crippen molar-refractivity contribution in [2.45, 2.75) is 0 Å². The second-order valence-electron chi connectivity index (χ2n) is 0.364. The summed E-state index contributed by atoms with van der Waals surface area (Å²) in [5.41, 5.74) is 4.64. The molecule has 0 amide bonds. The molecule has 4 heteroatoms. The van der Waals surface area contributed by atoms with E-state index in [1.807, 2.05) is 0 Å². The average molecular weight is 201 g/mol. The Morgan fingerprint density at radius 1 is 1.80 bits per heavy atom. The Kier molecular flexibility index (Phi) is 8.20. The van der Waals surface area contributed by atoms with Gasteiger partial charge in [-0.3, -0.25) is 0 Å². The molecule has 0 unspecified atom stereocenters. The van der Waals surface area contributed by atoms with E-state index in [2.05, 4.69) is 21.7 Å². The van der Waals surface area contributed by atoms with Crippen molar-refractivity contribution >= 4 is 37.8 Å². The summed E-state index contributed by atoms with van der Waals surface area (Å²) in [5.74, 6) is 0. The van der Waals surface area contributed by atoms with Crippen molar-refractivity contribution in [3.63, 3.8) is 0 Å². The van der Waals surface area contributed by atoms with E-state index in [9.17, 15) is 0 Å². The minimum atomic E-state index is 0. The van der Waals surface area contributed by atoms with E-state index in [0.717, 1.165) is 0 Å². The molecule has 0 rings (SSSR count). The molecule has 5 heavy (non-hydrogen) atoms. The first-order chi connectivity index (χ1) is 1.73. The Morgan fingerprint density at radius 2 is 1.80 bits per heavy atom. The normalized spacial score (nSPS) is 4.80. The van der Waals surface area contributed by atoms with Crippen molar-refractivity contribution in [3.8, 4) is 0 Å². The molecule has 0 heterocycles. The topological polar surface area (TPSA) is 49.9 Å². The van der Waals surface area contributed by atoms with Gasteiger partial charge in [0.2, 0.25) is 0 Å². The molecule has 2 nitrogen and oxygen atoms in total. The number of amidine groups is 1. The molecule has 0 aliphatic heterocycles. The van der Waals surface area contributed by atoms with Gasteiger partial charge >= 0.3 is 31.9 Å². The smallest absolute Gasteiger partial charge is 0 e. The van der Waals surface area contributed by atoms with Crippen LogP contribution in [0, 0.1) is 5.41 Å². The third kappa shape index (κ3) is 110. The van der Waals surface area contributed by atoms with Crippen LogP contribution in [-0.4, -0.2) is 37.8 Å². The minimum Gasteiger partial charge on any atom is 0 e. The number of hydrogen-bond acceptors (Lipinski definition) is 1. The molecule has 0 saturated heterocycles. The van der Waals surface area contributed by atoms with Gasteiger partial charge in [-0.25, -0.2) is 0 Å². The van der Waals surface area contributed by atoms with Crippen LogP contribution in [0.4, 0.5) is 0 Å². The Balaban J connectivity index is 0. The Hall–Kier alpha value is 0.509. The summed E-state index contributed by atoms with van der Waals surface area (Å²) >= 11 is 2.26. The summed E-state index contributed by atoms with van der Waals surface area (Å²) in [7, 11) is 0. The molecule has 0 aromatic heterocycles. The van der Waals surface area contributed by atoms with Crippen molar-refractivity contribution in [1.82, 2.24) is 0 Å². The van der Waals surface area contributed by atoms with Crippen molar-refractivity contribution in [2.75, 3.05) is 0 Å². The molecular formula is CH3N2Se2. The van der Waals surface area contributed by atoms with E-state index in [1.165, 1.54) is 0 Å². The maximum absolute atomic E-state index is 6.22. The van der Waals surface area contributed by atoms with Crippen LogP contribution >= 0.6 is 0 Å². The van der Waals surface area contributed by atoms with Crippen LogP contribution in [0.1, 0.15) is 0 Å². The molecule has 0 aliphatic carbocycles. The first-order valence-corrected chi connectivity index (χ1v) is 1.60. The van der Waals surface area contributed by atoms with Gasteiger partial charge in [0.05, 0.1) is 0 Å². The second kappa shape index (κ2) is 4.51. The minimum absolute atomic E-state index is 0.